The number of methoxy groups -OCH3 is 1. The van der Waals surface area contributed by atoms with E-state index in [4.69, 9.17) is 4.74 Å². The van der Waals surface area contributed by atoms with Gasteiger partial charge in [0.2, 0.25) is 0 Å². The van der Waals surface area contributed by atoms with Crippen LogP contribution in [0.2, 0.25) is 0 Å². The summed E-state index contributed by atoms with van der Waals surface area (Å²) >= 11 is 0.107. The van der Waals surface area contributed by atoms with Gasteiger partial charge in [-0.2, -0.15) is 0 Å². The molecule has 6 aromatic heterocycles. The van der Waals surface area contributed by atoms with Crippen LogP contribution >= 0.6 is 0 Å². The Balaban J connectivity index is 0.974. The number of ether oxygens (including phenoxy) is 1. The second kappa shape index (κ2) is 15.6. The van der Waals surface area contributed by atoms with Crippen molar-refractivity contribution in [3.63, 3.8) is 0 Å². The van der Waals surface area contributed by atoms with Crippen molar-refractivity contribution in [1.29, 1.82) is 0 Å². The van der Waals surface area contributed by atoms with Gasteiger partial charge in [0.25, 0.3) is 0 Å². The quantitative estimate of drug-likeness (QED) is 0.0696. The number of rotatable bonds is 10. The Hall–Kier alpha value is -7.23. The molecular formula is C45H42N12O4Se2+4. The summed E-state index contributed by atoms with van der Waals surface area (Å²) in [5.74, 6) is 2.22. The zero-order valence-corrected chi connectivity index (χ0v) is 38.5. The van der Waals surface area contributed by atoms with Crippen LogP contribution < -0.4 is 48.9 Å². The molecule has 10 rings (SSSR count). The summed E-state index contributed by atoms with van der Waals surface area (Å²) in [6.07, 6.45) is 3.52. The number of nitrogens with one attached hydrogen (secondary N) is 6. The SMILES string of the molecule is COC(=O)c1cc([Se][Se]c2ccc(Nc3c(-c4ccccc4)[n+](C)c4[nH]c(=O)c5c([nH]c[n+]5C)n34)c(C)c2)ccc1Nc1c(-c2ccccc2)[n+](C)c2[nH]c(=O)c3c([nH]c[n+]3C)n12. The third-order valence-corrected chi connectivity index (χ3v) is 18.5. The average molecular weight is 973 g/mol. The zero-order valence-electron chi connectivity index (χ0n) is 35.0. The van der Waals surface area contributed by atoms with Gasteiger partial charge >= 0.3 is 372 Å². The predicted molar refractivity (Wildman–Crippen MR) is 242 cm³/mol. The molecule has 6 heterocycles. The molecule has 6 N–H and O–H groups in total. The number of aryl methyl sites for hydroxylation is 5. The third kappa shape index (κ3) is 6.62. The molecule has 0 atom stereocenters. The number of imidazole rings is 4. The van der Waals surface area contributed by atoms with E-state index in [0.29, 0.717) is 51.0 Å². The molecule has 16 nitrogen and oxygen atoms in total. The van der Waals surface area contributed by atoms with Crippen molar-refractivity contribution >= 4 is 98.0 Å². The first-order valence-corrected chi connectivity index (χ1v) is 26.0. The summed E-state index contributed by atoms with van der Waals surface area (Å²) in [7, 11) is 8.91. The van der Waals surface area contributed by atoms with Crippen LogP contribution in [0.3, 0.4) is 0 Å². The van der Waals surface area contributed by atoms with Crippen LogP contribution in [0.4, 0.5) is 23.0 Å². The molecule has 0 aliphatic carbocycles. The molecule has 10 aromatic rings. The van der Waals surface area contributed by atoms with E-state index in [1.807, 2.05) is 107 Å². The van der Waals surface area contributed by atoms with Crippen LogP contribution in [0.25, 0.3) is 56.4 Å². The molecule has 18 heteroatoms. The number of hydrogen-bond donors (Lipinski definition) is 6. The molecule has 63 heavy (non-hydrogen) atoms. The Morgan fingerprint density at radius 3 is 1.57 bits per heavy atom. The van der Waals surface area contributed by atoms with Crippen LogP contribution in [-0.4, -0.2) is 68.1 Å². The number of aromatic amines is 4. The van der Waals surface area contributed by atoms with Crippen molar-refractivity contribution in [2.45, 2.75) is 6.92 Å². The minimum atomic E-state index is -0.458. The first-order chi connectivity index (χ1) is 30.5. The summed E-state index contributed by atoms with van der Waals surface area (Å²) in [6, 6.07) is 32.5. The number of nitrogens with zero attached hydrogens (tertiary/aromatic N) is 6. The van der Waals surface area contributed by atoms with Crippen LogP contribution in [0.5, 0.6) is 0 Å². The zero-order chi connectivity index (χ0) is 43.7. The predicted octanol–water partition coefficient (Wildman–Crippen LogP) is 2.02. The van der Waals surface area contributed by atoms with Crippen molar-refractivity contribution in [2.24, 2.45) is 28.2 Å². The maximum absolute atomic E-state index is 13.5. The van der Waals surface area contributed by atoms with E-state index in [-0.39, 0.29) is 37.4 Å². The van der Waals surface area contributed by atoms with Gasteiger partial charge in [-0.3, -0.25) is 0 Å². The Morgan fingerprint density at radius 2 is 1.10 bits per heavy atom. The average Bonchev–Trinajstić information content (AvgIpc) is 4.02. The molecule has 0 aliphatic rings. The van der Waals surface area contributed by atoms with Gasteiger partial charge in [0.1, 0.15) is 0 Å². The summed E-state index contributed by atoms with van der Waals surface area (Å²) in [6.45, 7) is 2.10. The van der Waals surface area contributed by atoms with E-state index in [1.54, 1.807) is 21.8 Å². The van der Waals surface area contributed by atoms with Crippen molar-refractivity contribution in [3.8, 4) is 22.5 Å². The van der Waals surface area contributed by atoms with Crippen molar-refractivity contribution in [3.05, 3.63) is 142 Å². The fraction of sp³-hybridized carbons (Fsp3) is 0.133. The number of carbonyl (C=O) groups excluding carboxylic acids is 1. The Bertz CT molecular complexity index is 3590. The number of fused-ring (bicyclic) bond motifs is 6. The Morgan fingerprint density at radius 1 is 0.635 bits per heavy atom. The number of benzene rings is 4. The summed E-state index contributed by atoms with van der Waals surface area (Å²) in [5, 5.41) is 7.32. The molecule has 0 saturated heterocycles. The van der Waals surface area contributed by atoms with Gasteiger partial charge in [-0.05, 0) is 0 Å². The molecule has 314 valence electrons. The van der Waals surface area contributed by atoms with E-state index in [1.165, 1.54) is 11.6 Å². The second-order valence-corrected chi connectivity index (χ2v) is 21.5. The Labute approximate surface area is 369 Å². The van der Waals surface area contributed by atoms with Gasteiger partial charge in [-0.25, -0.2) is 0 Å². The van der Waals surface area contributed by atoms with Gasteiger partial charge < -0.3 is 0 Å². The first-order valence-electron chi connectivity index (χ1n) is 19.9. The number of H-pyrrole nitrogens is 4. The van der Waals surface area contributed by atoms with Crippen molar-refractivity contribution in [1.82, 2.24) is 28.7 Å². The van der Waals surface area contributed by atoms with Gasteiger partial charge in [0, 0.05) is 0 Å². The number of anilines is 4. The summed E-state index contributed by atoms with van der Waals surface area (Å²) in [5.41, 5.74) is 8.53. The summed E-state index contributed by atoms with van der Waals surface area (Å²) < 4.78 is 19.1. The molecule has 0 bridgehead atoms. The first kappa shape index (κ1) is 39.9. The Kier molecular flexibility index (Phi) is 9.87. The number of hydrogen-bond acceptors (Lipinski definition) is 6. The van der Waals surface area contributed by atoms with E-state index in [9.17, 15) is 14.4 Å². The van der Waals surface area contributed by atoms with E-state index >= 15 is 0 Å². The monoisotopic (exact) mass is 974 g/mol. The second-order valence-electron chi connectivity index (χ2n) is 15.2. The van der Waals surface area contributed by atoms with Crippen LogP contribution in [0.15, 0.2) is 119 Å². The fourth-order valence-electron chi connectivity index (χ4n) is 8.31. The van der Waals surface area contributed by atoms with Crippen LogP contribution in [-0.2, 0) is 32.9 Å². The third-order valence-electron chi connectivity index (χ3n) is 11.3. The molecule has 4 aromatic carbocycles. The molecule has 0 spiro atoms. The van der Waals surface area contributed by atoms with Crippen LogP contribution in [0.1, 0.15) is 15.9 Å². The number of carbonyl (C=O) groups is 1. The molecule has 0 saturated carbocycles. The van der Waals surface area contributed by atoms with E-state index in [0.717, 1.165) is 44.0 Å². The standard InChI is InChI=1S/C45H38N12O4Se2/c1-25-21-28(17-19-31(25)48-39-33(26-13-9-7-10-14-26)54(4)44-50-41(58)35-37(56(39)44)46-23-52(35)2)62-63-29-18-20-32(30(22-29)43(60)61-6)49-40-34(27-15-11-8-12-16-27)55(5)45-51-42(59)36-38(57(40)45)47-24-53(36)3/h7-24,48H,1-6H3,(H,49,60)/p+4. The number of esters is 1. The van der Waals surface area contributed by atoms with E-state index < -0.39 is 5.97 Å². The maximum atomic E-state index is 13.5. The normalized spacial score (nSPS) is 11.7. The van der Waals surface area contributed by atoms with Gasteiger partial charge in [0.05, 0.1) is 0 Å². The van der Waals surface area contributed by atoms with Crippen LogP contribution in [0, 0.1) is 6.92 Å². The molecule has 0 amide bonds. The van der Waals surface area contributed by atoms with Gasteiger partial charge in [-0.1, -0.05) is 0 Å². The molecule has 0 aliphatic heterocycles. The fourth-order valence-corrected chi connectivity index (χ4v) is 14.4. The topological polar surface area (TPSA) is 172 Å². The van der Waals surface area contributed by atoms with Crippen molar-refractivity contribution in [2.75, 3.05) is 17.7 Å². The molecule has 0 radical (unpaired) electrons. The van der Waals surface area contributed by atoms with E-state index in [2.05, 4.69) is 73.9 Å². The van der Waals surface area contributed by atoms with Gasteiger partial charge in [-0.15, -0.1) is 0 Å². The molecule has 0 unspecified atom stereocenters. The molecule has 0 fully saturated rings. The summed E-state index contributed by atoms with van der Waals surface area (Å²) in [4.78, 5) is 52.8. The minimum absolute atomic E-state index is 0.0241. The van der Waals surface area contributed by atoms with Crippen molar-refractivity contribution < 1.29 is 27.8 Å². The molecular weight excluding hydrogens is 930 g/mol. The number of aromatic nitrogens is 10. The van der Waals surface area contributed by atoms with Gasteiger partial charge in [0.15, 0.2) is 0 Å².